The highest BCUT2D eigenvalue weighted by molar-refractivity contribution is 6.01. The summed E-state index contributed by atoms with van der Waals surface area (Å²) in [5.41, 5.74) is 22.7. The molecule has 4 aromatic carbocycles. The molecule has 3 aromatic heterocycles. The molecule has 5 heterocycles. The van der Waals surface area contributed by atoms with Gasteiger partial charge in [0.2, 0.25) is 0 Å². The summed E-state index contributed by atoms with van der Waals surface area (Å²) >= 11 is 0. The lowest BCUT2D eigenvalue weighted by atomic mass is 9.99. The quantitative estimate of drug-likeness (QED) is 0.169. The zero-order valence-corrected chi connectivity index (χ0v) is 26.6. The normalized spacial score (nSPS) is 12.0. The molecule has 7 aromatic rings. The summed E-state index contributed by atoms with van der Waals surface area (Å²) in [7, 11) is 0. The highest BCUT2D eigenvalue weighted by Crippen LogP contribution is 2.39. The Morgan fingerprint density at radius 3 is 1.57 bits per heavy atom. The molecule has 232 valence electrons. The zero-order valence-electron chi connectivity index (χ0n) is 26.6. The first-order valence-corrected chi connectivity index (χ1v) is 16.4. The molecule has 0 fully saturated rings. The molecular weight excluding hydrogens is 599 g/mol. The number of nitrogens with one attached hydrogen (secondary N) is 2. The Morgan fingerprint density at radius 2 is 0.939 bits per heavy atom. The van der Waals surface area contributed by atoms with Crippen LogP contribution >= 0.6 is 0 Å². The van der Waals surface area contributed by atoms with Crippen molar-refractivity contribution in [1.82, 2.24) is 19.9 Å². The number of aromatic amines is 2. The maximum absolute atomic E-state index is 6.11. The lowest BCUT2D eigenvalue weighted by molar-refractivity contribution is 1.31. The summed E-state index contributed by atoms with van der Waals surface area (Å²) in [5, 5.41) is 0. The third-order valence-electron chi connectivity index (χ3n) is 9.10. The van der Waals surface area contributed by atoms with Gasteiger partial charge < -0.3 is 15.7 Å². The number of nitrogens with zero attached hydrogens (tertiary/aromatic N) is 2. The molecule has 0 saturated carbocycles. The van der Waals surface area contributed by atoms with Crippen LogP contribution in [0.1, 0.15) is 22.8 Å². The fourth-order valence-electron chi connectivity index (χ4n) is 6.84. The Kier molecular flexibility index (Phi) is 6.87. The third-order valence-corrected chi connectivity index (χ3v) is 9.10. The average Bonchev–Trinajstić information content (AvgIpc) is 3.97. The number of nitrogen functional groups attached to an aromatic ring is 1. The van der Waals surface area contributed by atoms with Crippen LogP contribution in [-0.2, 0) is 0 Å². The van der Waals surface area contributed by atoms with E-state index < -0.39 is 0 Å². The van der Waals surface area contributed by atoms with Crippen LogP contribution in [0.5, 0.6) is 0 Å². The molecule has 4 N–H and O–H groups in total. The number of H-pyrrole nitrogens is 2. The standard InChI is InChI=1S/C44H31N5/c45-32-18-16-31(17-19-32)42-36-21-20-33(46-36)26-34-27-35(28-10-4-1-5-11-28)44(47-34)43(30-14-8-3-9-15-30)40-25-24-38(49-40)41(29-12-6-2-7-13-29)37-22-23-39(42)48-37/h1-27,47-48H,45H2. The fraction of sp³-hybridized carbons (Fsp3) is 0. The summed E-state index contributed by atoms with van der Waals surface area (Å²) in [6.07, 6.45) is 8.43. The van der Waals surface area contributed by atoms with Crippen molar-refractivity contribution in [2.75, 3.05) is 5.73 Å². The van der Waals surface area contributed by atoms with Crippen molar-refractivity contribution < 1.29 is 0 Å². The smallest absolute Gasteiger partial charge is 0.0737 e. The van der Waals surface area contributed by atoms with Crippen molar-refractivity contribution in [2.45, 2.75) is 0 Å². The molecule has 0 atom stereocenters. The van der Waals surface area contributed by atoms with Gasteiger partial charge in [0.1, 0.15) is 0 Å². The summed E-state index contributed by atoms with van der Waals surface area (Å²) in [5.74, 6) is 0. The van der Waals surface area contributed by atoms with E-state index in [1.54, 1.807) is 0 Å². The van der Waals surface area contributed by atoms with Gasteiger partial charge in [0.05, 0.1) is 28.3 Å². The van der Waals surface area contributed by atoms with Crippen molar-refractivity contribution in [3.8, 4) is 44.5 Å². The van der Waals surface area contributed by atoms with Crippen LogP contribution < -0.4 is 5.73 Å². The molecule has 49 heavy (non-hydrogen) atoms. The molecule has 0 unspecified atom stereocenters. The van der Waals surface area contributed by atoms with Crippen LogP contribution in [0.15, 0.2) is 140 Å². The maximum Gasteiger partial charge on any atom is 0.0737 e. The van der Waals surface area contributed by atoms with E-state index in [-0.39, 0.29) is 0 Å². The first kappa shape index (κ1) is 28.5. The van der Waals surface area contributed by atoms with Gasteiger partial charge in [0.25, 0.3) is 0 Å². The molecule has 2 aliphatic heterocycles. The number of fused-ring (bicyclic) bond motifs is 8. The van der Waals surface area contributed by atoms with Gasteiger partial charge in [-0.2, -0.15) is 0 Å². The summed E-state index contributed by atoms with van der Waals surface area (Å²) < 4.78 is 0. The number of hydrogen-bond acceptors (Lipinski definition) is 3. The molecule has 0 radical (unpaired) electrons. The summed E-state index contributed by atoms with van der Waals surface area (Å²) in [4.78, 5) is 18.1. The van der Waals surface area contributed by atoms with Gasteiger partial charge in [-0.3, -0.25) is 0 Å². The number of anilines is 1. The Labute approximate surface area is 283 Å². The zero-order chi connectivity index (χ0) is 32.7. The minimum absolute atomic E-state index is 0.718. The second-order valence-electron chi connectivity index (χ2n) is 12.3. The molecule has 0 amide bonds. The molecule has 0 saturated heterocycles. The average molecular weight is 630 g/mol. The highest BCUT2D eigenvalue weighted by Gasteiger charge is 2.18. The molecular formula is C44H31N5. The largest absolute Gasteiger partial charge is 0.399 e. The van der Waals surface area contributed by atoms with Crippen LogP contribution in [0.3, 0.4) is 0 Å². The molecule has 5 heteroatoms. The van der Waals surface area contributed by atoms with Crippen molar-refractivity contribution in [2.24, 2.45) is 0 Å². The van der Waals surface area contributed by atoms with Gasteiger partial charge >= 0.3 is 0 Å². The topological polar surface area (TPSA) is 83.4 Å². The van der Waals surface area contributed by atoms with Gasteiger partial charge in [-0.15, -0.1) is 0 Å². The lowest BCUT2D eigenvalue weighted by Crippen LogP contribution is -1.89. The molecule has 9 rings (SSSR count). The number of nitrogens with two attached hydrogens (primary N) is 1. The SMILES string of the molecule is Nc1ccc(-c2c3nc(cc4cc(-c5ccccc5)c([nH]4)c(-c4ccccc4)c4nc(c(-c5ccccc5)c5ccc2[nH]5)C=C4)C=C3)cc1. The predicted octanol–water partition coefficient (Wildman–Crippen LogP) is 10.9. The van der Waals surface area contributed by atoms with E-state index in [2.05, 4.69) is 150 Å². The first-order chi connectivity index (χ1) is 24.2. The van der Waals surface area contributed by atoms with E-state index in [0.29, 0.717) is 0 Å². The Hall–Kier alpha value is -6.72. The second-order valence-corrected chi connectivity index (χ2v) is 12.3. The van der Waals surface area contributed by atoms with E-state index in [0.717, 1.165) is 95.0 Å². The maximum atomic E-state index is 6.11. The van der Waals surface area contributed by atoms with E-state index >= 15 is 0 Å². The number of hydrogen-bond donors (Lipinski definition) is 3. The van der Waals surface area contributed by atoms with Crippen LogP contribution in [0.4, 0.5) is 5.69 Å². The van der Waals surface area contributed by atoms with Crippen LogP contribution in [0.25, 0.3) is 90.9 Å². The molecule has 0 spiro atoms. The van der Waals surface area contributed by atoms with E-state index in [9.17, 15) is 0 Å². The summed E-state index contributed by atoms with van der Waals surface area (Å²) in [6, 6.07) is 48.1. The van der Waals surface area contributed by atoms with Crippen molar-refractivity contribution in [3.63, 3.8) is 0 Å². The van der Waals surface area contributed by atoms with Crippen molar-refractivity contribution in [1.29, 1.82) is 0 Å². The second kappa shape index (κ2) is 11.8. The van der Waals surface area contributed by atoms with Gasteiger partial charge in [0.15, 0.2) is 0 Å². The van der Waals surface area contributed by atoms with Gasteiger partial charge in [-0.1, -0.05) is 103 Å². The van der Waals surface area contributed by atoms with E-state index in [1.807, 2.05) is 24.3 Å². The van der Waals surface area contributed by atoms with Crippen LogP contribution in [0.2, 0.25) is 0 Å². The molecule has 5 nitrogen and oxygen atoms in total. The van der Waals surface area contributed by atoms with Crippen molar-refractivity contribution in [3.05, 3.63) is 162 Å². The highest BCUT2D eigenvalue weighted by atomic mass is 14.8. The first-order valence-electron chi connectivity index (χ1n) is 16.4. The number of benzene rings is 4. The van der Waals surface area contributed by atoms with Gasteiger partial charge in [-0.25, -0.2) is 9.97 Å². The van der Waals surface area contributed by atoms with E-state index in [1.165, 1.54) is 0 Å². The Bertz CT molecular complexity index is 2580. The van der Waals surface area contributed by atoms with Crippen LogP contribution in [-0.4, -0.2) is 19.9 Å². The Morgan fingerprint density at radius 1 is 0.429 bits per heavy atom. The van der Waals surface area contributed by atoms with E-state index in [4.69, 9.17) is 15.7 Å². The number of rotatable bonds is 4. The molecule has 2 aliphatic rings. The lowest BCUT2D eigenvalue weighted by Gasteiger charge is -2.07. The van der Waals surface area contributed by atoms with Crippen LogP contribution in [0, 0.1) is 0 Å². The minimum atomic E-state index is 0.718. The predicted molar refractivity (Wildman–Crippen MR) is 205 cm³/mol. The minimum Gasteiger partial charge on any atom is -0.399 e. The molecule has 8 bridgehead atoms. The van der Waals surface area contributed by atoms with Gasteiger partial charge in [0, 0.05) is 44.5 Å². The monoisotopic (exact) mass is 629 g/mol. The summed E-state index contributed by atoms with van der Waals surface area (Å²) in [6.45, 7) is 0. The van der Waals surface area contributed by atoms with Gasteiger partial charge in [-0.05, 0) is 83.0 Å². The van der Waals surface area contributed by atoms with Crippen molar-refractivity contribution >= 4 is 52.1 Å². The Balaban J connectivity index is 1.47. The fourth-order valence-corrected chi connectivity index (χ4v) is 6.84. The third kappa shape index (κ3) is 5.24. The number of aromatic nitrogens is 4. The molecule has 0 aliphatic carbocycles.